The third kappa shape index (κ3) is 6.01. The number of hydrogen-bond acceptors (Lipinski definition) is 8. The number of ether oxygens (including phenoxy) is 1. The molecule has 0 saturated carbocycles. The molecule has 4 atom stereocenters. The predicted octanol–water partition coefficient (Wildman–Crippen LogP) is 2.65. The molecular weight excluding hydrogens is 467 g/mol. The first-order chi connectivity index (χ1) is 16.8. The van der Waals surface area contributed by atoms with E-state index in [1.807, 2.05) is 0 Å². The zero-order chi connectivity index (χ0) is 25.5. The van der Waals surface area contributed by atoms with E-state index >= 15 is 0 Å². The van der Waals surface area contributed by atoms with Gasteiger partial charge in [0.2, 0.25) is 0 Å². The Morgan fingerprint density at radius 2 is 1.83 bits per heavy atom. The van der Waals surface area contributed by atoms with E-state index in [9.17, 15) is 28.2 Å². The van der Waals surface area contributed by atoms with Gasteiger partial charge in [-0.05, 0) is 30.3 Å². The molecule has 35 heavy (non-hydrogen) atoms. The first-order valence-electron chi connectivity index (χ1n) is 10.6. The molecule has 0 aliphatic carbocycles. The van der Waals surface area contributed by atoms with Gasteiger partial charge in [0.05, 0.1) is 36.3 Å². The number of carbonyl (C=O) groups is 1. The maximum absolute atomic E-state index is 13.4. The van der Waals surface area contributed by atoms with Crippen LogP contribution in [-0.2, 0) is 4.74 Å². The highest BCUT2D eigenvalue weighted by Crippen LogP contribution is 2.34. The normalized spacial score (nSPS) is 21.6. The molecule has 0 radical (unpaired) electrons. The van der Waals surface area contributed by atoms with Gasteiger partial charge in [-0.2, -0.15) is 0 Å². The predicted molar refractivity (Wildman–Crippen MR) is 120 cm³/mol. The molecule has 1 saturated heterocycles. The van der Waals surface area contributed by atoms with Crippen LogP contribution < -0.4 is 5.32 Å². The second kappa shape index (κ2) is 11.8. The van der Waals surface area contributed by atoms with Crippen molar-refractivity contribution in [1.82, 2.24) is 9.97 Å². The van der Waals surface area contributed by atoms with Crippen molar-refractivity contribution in [3.63, 3.8) is 0 Å². The molecule has 1 aromatic carbocycles. The Morgan fingerprint density at radius 1 is 1.11 bits per heavy atom. The average molecular weight is 491 g/mol. The van der Waals surface area contributed by atoms with E-state index in [4.69, 9.17) is 9.84 Å². The second-order valence-electron chi connectivity index (χ2n) is 7.63. The minimum atomic E-state index is -1.05. The zero-order valence-electron chi connectivity index (χ0n) is 18.6. The smallest absolute Gasteiger partial charge is 0.168 e. The van der Waals surface area contributed by atoms with E-state index in [2.05, 4.69) is 15.3 Å². The molecule has 0 bridgehead atoms. The van der Waals surface area contributed by atoms with Gasteiger partial charge in [-0.15, -0.1) is 0 Å². The van der Waals surface area contributed by atoms with E-state index < -0.39 is 47.0 Å². The van der Waals surface area contributed by atoms with Crippen LogP contribution in [0.4, 0.5) is 18.9 Å². The van der Waals surface area contributed by atoms with Crippen molar-refractivity contribution in [1.29, 1.82) is 0 Å². The summed E-state index contributed by atoms with van der Waals surface area (Å²) < 4.78 is 45.9. The van der Waals surface area contributed by atoms with Crippen molar-refractivity contribution in [2.45, 2.75) is 30.8 Å². The van der Waals surface area contributed by atoms with Gasteiger partial charge < -0.3 is 25.4 Å². The molecule has 1 unspecified atom stereocenters. The number of aromatic nitrogens is 2. The number of rotatable bonds is 5. The van der Waals surface area contributed by atoms with E-state index in [1.54, 1.807) is 25.5 Å². The number of aldehydes is 1. The third-order valence-electron chi connectivity index (χ3n) is 5.41. The fourth-order valence-corrected chi connectivity index (χ4v) is 3.62. The number of anilines is 1. The summed E-state index contributed by atoms with van der Waals surface area (Å²) in [6.07, 6.45) is 0.889. The molecule has 186 valence electrons. The van der Waals surface area contributed by atoms with Crippen molar-refractivity contribution in [3.8, 4) is 11.3 Å². The number of hydrogen-bond donors (Lipinski definition) is 4. The summed E-state index contributed by atoms with van der Waals surface area (Å²) >= 11 is 0. The maximum Gasteiger partial charge on any atom is 0.168 e. The van der Waals surface area contributed by atoms with E-state index in [0.717, 1.165) is 41.6 Å². The Balaban J connectivity index is 0.000000196. The van der Waals surface area contributed by atoms with Crippen LogP contribution in [0.1, 0.15) is 28.6 Å². The highest BCUT2D eigenvalue weighted by molar-refractivity contribution is 5.74. The van der Waals surface area contributed by atoms with Crippen LogP contribution in [0.2, 0.25) is 0 Å². The number of aliphatic hydroxyl groups excluding tert-OH is 3. The van der Waals surface area contributed by atoms with Crippen LogP contribution in [0.3, 0.4) is 0 Å². The highest BCUT2D eigenvalue weighted by atomic mass is 19.1. The van der Waals surface area contributed by atoms with Gasteiger partial charge in [0.25, 0.3) is 0 Å². The van der Waals surface area contributed by atoms with Crippen LogP contribution in [0.15, 0.2) is 48.8 Å². The third-order valence-corrected chi connectivity index (χ3v) is 5.41. The number of nitrogens with zero attached hydrogens (tertiary/aromatic N) is 2. The molecule has 0 spiro atoms. The Hall–Kier alpha value is -3.38. The second-order valence-corrected chi connectivity index (χ2v) is 7.63. The van der Waals surface area contributed by atoms with Crippen LogP contribution in [0.5, 0.6) is 0 Å². The number of halogens is 3. The van der Waals surface area contributed by atoms with E-state index in [-0.39, 0.29) is 24.8 Å². The van der Waals surface area contributed by atoms with Gasteiger partial charge in [0.15, 0.2) is 6.29 Å². The summed E-state index contributed by atoms with van der Waals surface area (Å²) in [6, 6.07) is 7.02. The molecular formula is C24H24F3N3O5. The van der Waals surface area contributed by atoms with E-state index in [1.165, 1.54) is 0 Å². The van der Waals surface area contributed by atoms with Gasteiger partial charge in [-0.25, -0.2) is 18.2 Å². The summed E-state index contributed by atoms with van der Waals surface area (Å²) in [7, 11) is 1.78. The lowest BCUT2D eigenvalue weighted by Crippen LogP contribution is -2.47. The van der Waals surface area contributed by atoms with Crippen molar-refractivity contribution in [3.05, 3.63) is 77.5 Å². The lowest BCUT2D eigenvalue weighted by Gasteiger charge is -2.37. The number of pyridine rings is 2. The maximum atomic E-state index is 13.4. The van der Waals surface area contributed by atoms with Crippen molar-refractivity contribution >= 4 is 12.0 Å². The number of benzene rings is 1. The number of nitrogens with one attached hydrogen (secondary N) is 1. The minimum absolute atomic E-state index is 0.0935. The topological polar surface area (TPSA) is 125 Å². The van der Waals surface area contributed by atoms with Crippen molar-refractivity contribution in [2.75, 3.05) is 19.0 Å². The SMILES string of the molecule is CNc1cnccc1[C@@H]1CC(O)[C@H](O)[C@@H](CO)O1.O=Cc1ccc(F)c(-c2c(F)cccc2F)n1. The molecule has 4 rings (SSSR count). The van der Waals surface area contributed by atoms with Gasteiger partial charge in [-0.3, -0.25) is 9.78 Å². The Kier molecular flexibility index (Phi) is 8.88. The van der Waals surface area contributed by atoms with Crippen molar-refractivity contribution < 1.29 is 38.0 Å². The summed E-state index contributed by atoms with van der Waals surface area (Å²) in [6.45, 7) is -0.325. The van der Waals surface area contributed by atoms with Gasteiger partial charge in [-0.1, -0.05) is 6.07 Å². The van der Waals surface area contributed by atoms with E-state index in [0.29, 0.717) is 6.29 Å². The number of carbonyl (C=O) groups excluding carboxylic acids is 1. The zero-order valence-corrected chi connectivity index (χ0v) is 18.6. The van der Waals surface area contributed by atoms with Crippen LogP contribution in [0.25, 0.3) is 11.3 Å². The Labute approximate surface area is 199 Å². The summed E-state index contributed by atoms with van der Waals surface area (Å²) in [5, 5.41) is 31.6. The van der Waals surface area contributed by atoms with Crippen molar-refractivity contribution in [2.24, 2.45) is 0 Å². The first kappa shape index (κ1) is 26.2. The Morgan fingerprint density at radius 3 is 2.46 bits per heavy atom. The summed E-state index contributed by atoms with van der Waals surface area (Å²) in [4.78, 5) is 18.1. The molecule has 1 fully saturated rings. The van der Waals surface area contributed by atoms with Gasteiger partial charge in [0.1, 0.15) is 41.0 Å². The molecule has 4 N–H and O–H groups in total. The lowest BCUT2D eigenvalue weighted by molar-refractivity contribution is -0.181. The molecule has 11 heteroatoms. The molecule has 3 aromatic rings. The fraction of sp³-hybridized carbons (Fsp3) is 0.292. The molecule has 8 nitrogen and oxygen atoms in total. The summed E-state index contributed by atoms with van der Waals surface area (Å²) in [5.74, 6) is -2.75. The van der Waals surface area contributed by atoms with Gasteiger partial charge in [0, 0.05) is 25.2 Å². The van der Waals surface area contributed by atoms with Crippen LogP contribution in [0, 0.1) is 17.5 Å². The quantitative estimate of drug-likeness (QED) is 0.402. The lowest BCUT2D eigenvalue weighted by atomic mass is 9.94. The molecule has 1 aliphatic heterocycles. The monoisotopic (exact) mass is 491 g/mol. The minimum Gasteiger partial charge on any atom is -0.394 e. The van der Waals surface area contributed by atoms with Gasteiger partial charge >= 0.3 is 0 Å². The average Bonchev–Trinajstić information content (AvgIpc) is 2.87. The largest absolute Gasteiger partial charge is 0.394 e. The molecule has 1 aliphatic rings. The fourth-order valence-electron chi connectivity index (χ4n) is 3.62. The molecule has 0 amide bonds. The Bertz CT molecular complexity index is 1150. The molecule has 2 aromatic heterocycles. The van der Waals surface area contributed by atoms with Crippen LogP contribution >= 0.6 is 0 Å². The molecule has 3 heterocycles. The summed E-state index contributed by atoms with van der Waals surface area (Å²) in [5.41, 5.74) is 0.489. The standard InChI is InChI=1S/C12H6F3NO.C12H18N2O4/c13-8-2-1-3-9(14)11(8)12-10(15)5-4-7(6-17)16-12;1-13-8-5-14-3-2-7(8)10-4-9(16)12(17)11(6-15)18-10/h1-6H;2-3,5,9-13,15-17H,4,6H2,1H3/t;9?,10-,11+,12-/m.0/s1. The first-order valence-corrected chi connectivity index (χ1v) is 10.6. The van der Waals surface area contributed by atoms with Crippen LogP contribution in [-0.4, -0.2) is 63.5 Å². The number of aliphatic hydroxyl groups is 3. The highest BCUT2D eigenvalue weighted by Gasteiger charge is 2.37.